The highest BCUT2D eigenvalue weighted by Gasteiger charge is 2.39. The van der Waals surface area contributed by atoms with Crippen LogP contribution >= 0.6 is 0 Å². The number of carbonyl (C=O) groups is 1. The number of rotatable bonds is 8. The zero-order chi connectivity index (χ0) is 31.4. The number of amides is 1. The van der Waals surface area contributed by atoms with Crippen molar-refractivity contribution in [2.75, 3.05) is 31.1 Å². The molecule has 2 fully saturated rings. The predicted molar refractivity (Wildman–Crippen MR) is 157 cm³/mol. The third-order valence-electron chi connectivity index (χ3n) is 7.83. The van der Waals surface area contributed by atoms with Gasteiger partial charge < -0.3 is 25.0 Å². The largest absolute Gasteiger partial charge is 0.481 e. The molecule has 0 aliphatic carbocycles. The van der Waals surface area contributed by atoms with Gasteiger partial charge >= 0.3 is 6.09 Å². The molecule has 2 aliphatic rings. The summed E-state index contributed by atoms with van der Waals surface area (Å²) in [4.78, 5) is 23.4. The SMILES string of the molecule is CCc1ccc(C(Oc2cnc(N3C[C@H](NC(=O)OC(C)(C)C)[C@@H](c4cc(F)c(F)cc4F)C3)nc2)C2CCNCC2)nn1. The van der Waals surface area contributed by atoms with E-state index in [1.807, 2.05) is 19.1 Å². The Hall–Kier alpha value is -4.00. The molecular weight excluding hydrogens is 575 g/mol. The second kappa shape index (κ2) is 13.3. The minimum atomic E-state index is -1.29. The van der Waals surface area contributed by atoms with E-state index in [2.05, 4.69) is 30.8 Å². The Bertz CT molecular complexity index is 1430. The molecule has 5 rings (SSSR count). The first kappa shape index (κ1) is 31.4. The molecule has 1 amide bonds. The van der Waals surface area contributed by atoms with Crippen molar-refractivity contribution < 1.29 is 27.4 Å². The Morgan fingerprint density at radius 2 is 1.75 bits per heavy atom. The molecule has 1 unspecified atom stereocenters. The Morgan fingerprint density at radius 1 is 1.05 bits per heavy atom. The highest BCUT2D eigenvalue weighted by Crippen LogP contribution is 2.35. The standard InChI is InChI=1S/C31H38F3N7O3/c1-5-19-6-7-26(40-39-19)28(18-8-10-35-11-9-18)43-20-14-36-29(37-15-20)41-16-22(21-12-24(33)25(34)13-23(21)32)27(17-41)38-30(42)44-31(2,3)4/h6-7,12-15,18,22,27-28,35H,5,8-11,16-17H2,1-4H3,(H,38,42)/t22-,27+,28?/m1/s1. The first-order valence-corrected chi connectivity index (χ1v) is 14.9. The molecule has 0 bridgehead atoms. The first-order chi connectivity index (χ1) is 21.0. The zero-order valence-corrected chi connectivity index (χ0v) is 25.3. The van der Waals surface area contributed by atoms with Crippen LogP contribution in [0.4, 0.5) is 23.9 Å². The predicted octanol–water partition coefficient (Wildman–Crippen LogP) is 4.86. The zero-order valence-electron chi connectivity index (χ0n) is 25.3. The van der Waals surface area contributed by atoms with Crippen LogP contribution in [0, 0.1) is 23.4 Å². The molecule has 3 atom stereocenters. The van der Waals surface area contributed by atoms with Crippen molar-refractivity contribution in [1.29, 1.82) is 0 Å². The summed E-state index contributed by atoms with van der Waals surface area (Å²) in [5.74, 6) is -3.12. The van der Waals surface area contributed by atoms with Gasteiger partial charge in [-0.15, -0.1) is 0 Å². The quantitative estimate of drug-likeness (QED) is 0.344. The normalized spacial score (nSPS) is 19.9. The van der Waals surface area contributed by atoms with Crippen molar-refractivity contribution in [2.45, 2.75) is 70.6 Å². The third kappa shape index (κ3) is 7.55. The summed E-state index contributed by atoms with van der Waals surface area (Å²) in [5.41, 5.74) is 0.814. The number of benzene rings is 1. The number of nitrogens with zero attached hydrogens (tertiary/aromatic N) is 5. The average Bonchev–Trinajstić information content (AvgIpc) is 3.40. The lowest BCUT2D eigenvalue weighted by Gasteiger charge is -2.30. The van der Waals surface area contributed by atoms with Gasteiger partial charge in [0.15, 0.2) is 17.4 Å². The van der Waals surface area contributed by atoms with Crippen LogP contribution in [-0.4, -0.2) is 64.1 Å². The minimum Gasteiger partial charge on any atom is -0.481 e. The van der Waals surface area contributed by atoms with Gasteiger partial charge in [0.2, 0.25) is 5.95 Å². The number of hydrogen-bond donors (Lipinski definition) is 2. The molecule has 13 heteroatoms. The second-order valence-electron chi connectivity index (χ2n) is 12.2. The minimum absolute atomic E-state index is 0.0626. The average molecular weight is 614 g/mol. The highest BCUT2D eigenvalue weighted by molar-refractivity contribution is 5.68. The smallest absolute Gasteiger partial charge is 0.407 e. The lowest BCUT2D eigenvalue weighted by molar-refractivity contribution is 0.0504. The number of ether oxygens (including phenoxy) is 2. The van der Waals surface area contributed by atoms with Crippen molar-refractivity contribution in [3.05, 3.63) is 71.1 Å². The number of nitrogens with one attached hydrogen (secondary N) is 2. The molecule has 2 N–H and O–H groups in total. The Labute approximate surface area is 254 Å². The third-order valence-corrected chi connectivity index (χ3v) is 7.83. The molecule has 236 valence electrons. The van der Waals surface area contributed by atoms with E-state index in [0.717, 1.165) is 49.8 Å². The number of piperidine rings is 1. The molecule has 0 spiro atoms. The van der Waals surface area contributed by atoms with Crippen LogP contribution in [0.1, 0.15) is 69.5 Å². The van der Waals surface area contributed by atoms with Crippen LogP contribution in [0.25, 0.3) is 0 Å². The molecule has 1 aromatic carbocycles. The summed E-state index contributed by atoms with van der Waals surface area (Å²) < 4.78 is 54.6. The van der Waals surface area contributed by atoms with E-state index in [9.17, 15) is 18.0 Å². The Morgan fingerprint density at radius 3 is 2.39 bits per heavy atom. The maximum Gasteiger partial charge on any atom is 0.407 e. The van der Waals surface area contributed by atoms with Crippen LogP contribution in [0.2, 0.25) is 0 Å². The Balaban J connectivity index is 1.36. The molecule has 10 nitrogen and oxygen atoms in total. The molecule has 2 aromatic heterocycles. The van der Waals surface area contributed by atoms with Crippen LogP contribution in [-0.2, 0) is 11.2 Å². The van der Waals surface area contributed by atoms with Gasteiger partial charge in [-0.2, -0.15) is 10.2 Å². The van der Waals surface area contributed by atoms with Gasteiger partial charge in [0.05, 0.1) is 24.1 Å². The fourth-order valence-corrected chi connectivity index (χ4v) is 5.65. The summed E-state index contributed by atoms with van der Waals surface area (Å²) in [7, 11) is 0. The molecule has 3 aromatic rings. The number of aryl methyl sites for hydroxylation is 1. The van der Waals surface area contributed by atoms with Gasteiger partial charge in [-0.1, -0.05) is 6.92 Å². The number of alkyl carbamates (subject to hydrolysis) is 1. The van der Waals surface area contributed by atoms with E-state index < -0.39 is 41.1 Å². The maximum atomic E-state index is 14.9. The maximum absolute atomic E-state index is 14.9. The number of hydrogen-bond acceptors (Lipinski definition) is 9. The molecule has 2 aliphatic heterocycles. The van der Waals surface area contributed by atoms with E-state index in [1.54, 1.807) is 38.1 Å². The van der Waals surface area contributed by atoms with Crippen LogP contribution in [0.15, 0.2) is 36.7 Å². The summed E-state index contributed by atoms with van der Waals surface area (Å²) in [6.07, 6.45) is 4.71. The topological polar surface area (TPSA) is 114 Å². The lowest BCUT2D eigenvalue weighted by atomic mass is 9.90. The van der Waals surface area contributed by atoms with Crippen LogP contribution in [0.5, 0.6) is 5.75 Å². The second-order valence-corrected chi connectivity index (χ2v) is 12.2. The fraction of sp³-hybridized carbons (Fsp3) is 0.516. The van der Waals surface area contributed by atoms with Gasteiger partial charge in [0.25, 0.3) is 0 Å². The van der Waals surface area contributed by atoms with Crippen LogP contribution in [0.3, 0.4) is 0 Å². The van der Waals surface area contributed by atoms with Gasteiger partial charge in [-0.05, 0) is 76.9 Å². The lowest BCUT2D eigenvalue weighted by Crippen LogP contribution is -2.43. The molecular formula is C31H38F3N7O3. The van der Waals surface area contributed by atoms with Gasteiger partial charge in [-0.25, -0.2) is 27.9 Å². The molecule has 0 radical (unpaired) electrons. The van der Waals surface area contributed by atoms with Crippen molar-refractivity contribution in [3.63, 3.8) is 0 Å². The Kier molecular flexibility index (Phi) is 9.52. The molecule has 0 saturated carbocycles. The van der Waals surface area contributed by atoms with E-state index in [4.69, 9.17) is 9.47 Å². The first-order valence-electron chi connectivity index (χ1n) is 14.9. The summed E-state index contributed by atoms with van der Waals surface area (Å²) in [6, 6.07) is 4.56. The van der Waals surface area contributed by atoms with E-state index in [0.29, 0.717) is 17.8 Å². The van der Waals surface area contributed by atoms with Crippen molar-refractivity contribution in [3.8, 4) is 5.75 Å². The monoisotopic (exact) mass is 613 g/mol. The number of anilines is 1. The van der Waals surface area contributed by atoms with E-state index in [-0.39, 0.29) is 30.7 Å². The van der Waals surface area contributed by atoms with Crippen molar-refractivity contribution in [2.24, 2.45) is 5.92 Å². The summed E-state index contributed by atoms with van der Waals surface area (Å²) in [6.45, 7) is 9.27. The number of aromatic nitrogens is 4. The number of carbonyl (C=O) groups excluding carboxylic acids is 1. The van der Waals surface area contributed by atoms with Crippen molar-refractivity contribution >= 4 is 12.0 Å². The summed E-state index contributed by atoms with van der Waals surface area (Å²) >= 11 is 0. The van der Waals surface area contributed by atoms with Crippen molar-refractivity contribution in [1.82, 2.24) is 30.8 Å². The van der Waals surface area contributed by atoms with E-state index >= 15 is 0 Å². The van der Waals surface area contributed by atoms with Gasteiger partial charge in [0, 0.05) is 31.0 Å². The highest BCUT2D eigenvalue weighted by atomic mass is 19.2. The van der Waals surface area contributed by atoms with Gasteiger partial charge in [0.1, 0.15) is 23.2 Å². The molecule has 44 heavy (non-hydrogen) atoms. The molecule has 4 heterocycles. The van der Waals surface area contributed by atoms with Crippen LogP contribution < -0.4 is 20.3 Å². The van der Waals surface area contributed by atoms with Gasteiger partial charge in [-0.3, -0.25) is 0 Å². The molecule has 2 saturated heterocycles. The fourth-order valence-electron chi connectivity index (χ4n) is 5.65. The van der Waals surface area contributed by atoms with E-state index in [1.165, 1.54) is 0 Å². The number of halogens is 3. The summed E-state index contributed by atoms with van der Waals surface area (Å²) in [5, 5.41) is 14.9.